The lowest BCUT2D eigenvalue weighted by Crippen LogP contribution is -2.45. The zero-order valence-corrected chi connectivity index (χ0v) is 51.0. The average molecular weight is 1070 g/mol. The van der Waals surface area contributed by atoms with Crippen LogP contribution in [0.2, 0.25) is 0 Å². The van der Waals surface area contributed by atoms with Crippen LogP contribution >= 0.6 is 0 Å². The quantitative estimate of drug-likeness (QED) is 0.0320. The number of aliphatic hydroxyl groups is 2. The molecule has 0 saturated heterocycles. The Hall–Kier alpha value is -2.18. The van der Waals surface area contributed by atoms with Crippen molar-refractivity contribution in [3.05, 3.63) is 48.6 Å². The molecule has 6 heteroatoms. The zero-order valence-electron chi connectivity index (χ0n) is 51.0. The van der Waals surface area contributed by atoms with E-state index in [1.165, 1.54) is 263 Å². The zero-order chi connectivity index (χ0) is 55.0. The van der Waals surface area contributed by atoms with Crippen molar-refractivity contribution in [3.63, 3.8) is 0 Å². The Morgan fingerprint density at radius 3 is 1.03 bits per heavy atom. The molecule has 2 atom stereocenters. The van der Waals surface area contributed by atoms with E-state index >= 15 is 0 Å². The minimum Gasteiger partial charge on any atom is -0.466 e. The summed E-state index contributed by atoms with van der Waals surface area (Å²) in [7, 11) is 0. The fourth-order valence-electron chi connectivity index (χ4n) is 10.4. The molecule has 0 aliphatic rings. The number of carbonyl (C=O) groups is 2. The number of nitrogens with one attached hydrogen (secondary N) is 1. The van der Waals surface area contributed by atoms with E-state index in [1.54, 1.807) is 6.08 Å². The van der Waals surface area contributed by atoms with Gasteiger partial charge in [0.2, 0.25) is 5.91 Å². The van der Waals surface area contributed by atoms with Gasteiger partial charge in [-0.05, 0) is 89.9 Å². The van der Waals surface area contributed by atoms with Crippen LogP contribution in [0.3, 0.4) is 0 Å². The van der Waals surface area contributed by atoms with Crippen LogP contribution in [0.4, 0.5) is 0 Å². The van der Waals surface area contributed by atoms with E-state index in [1.807, 2.05) is 6.08 Å². The number of hydrogen-bond donors (Lipinski definition) is 3. The second kappa shape index (κ2) is 65.3. The fourth-order valence-corrected chi connectivity index (χ4v) is 10.4. The molecule has 2 unspecified atom stereocenters. The topological polar surface area (TPSA) is 95.9 Å². The summed E-state index contributed by atoms with van der Waals surface area (Å²) in [5.74, 6) is -0.0932. The highest BCUT2D eigenvalue weighted by Gasteiger charge is 2.18. The molecule has 1 amide bonds. The van der Waals surface area contributed by atoms with E-state index in [0.29, 0.717) is 19.4 Å². The van der Waals surface area contributed by atoms with Gasteiger partial charge in [-0.2, -0.15) is 0 Å². The van der Waals surface area contributed by atoms with Crippen molar-refractivity contribution in [3.8, 4) is 0 Å². The van der Waals surface area contributed by atoms with Crippen LogP contribution in [-0.4, -0.2) is 47.4 Å². The summed E-state index contributed by atoms with van der Waals surface area (Å²) >= 11 is 0. The lowest BCUT2D eigenvalue weighted by molar-refractivity contribution is -0.143. The van der Waals surface area contributed by atoms with Crippen molar-refractivity contribution in [1.29, 1.82) is 0 Å². The van der Waals surface area contributed by atoms with E-state index < -0.39 is 12.1 Å². The van der Waals surface area contributed by atoms with E-state index in [9.17, 15) is 19.8 Å². The minimum atomic E-state index is -0.858. The predicted molar refractivity (Wildman–Crippen MR) is 333 cm³/mol. The van der Waals surface area contributed by atoms with Crippen molar-refractivity contribution >= 4 is 11.9 Å². The molecule has 446 valence electrons. The van der Waals surface area contributed by atoms with Gasteiger partial charge in [-0.25, -0.2) is 0 Å². The largest absolute Gasteiger partial charge is 0.466 e. The third-order valence-electron chi connectivity index (χ3n) is 15.6. The van der Waals surface area contributed by atoms with E-state index in [2.05, 4.69) is 55.6 Å². The summed E-state index contributed by atoms with van der Waals surface area (Å²) in [6.07, 6.45) is 84.5. The summed E-state index contributed by atoms with van der Waals surface area (Å²) < 4.78 is 5.48. The number of carbonyl (C=O) groups excluding carboxylic acids is 2. The summed E-state index contributed by atoms with van der Waals surface area (Å²) in [5, 5.41) is 23.2. The van der Waals surface area contributed by atoms with Crippen molar-refractivity contribution in [2.24, 2.45) is 0 Å². The highest BCUT2D eigenvalue weighted by molar-refractivity contribution is 5.76. The number of rotatable bonds is 63. The van der Waals surface area contributed by atoms with Gasteiger partial charge in [0.1, 0.15) is 0 Å². The predicted octanol–water partition coefficient (Wildman–Crippen LogP) is 21.7. The summed E-state index contributed by atoms with van der Waals surface area (Å²) in [6, 6.07) is -0.643. The molecule has 0 radical (unpaired) electrons. The SMILES string of the molecule is CCCCCC/C=C\C/C=C\CCCCCCCCCC(=O)OCCCCCCCCC/C=C\CCCCCCCC(=O)NC(CO)C(O)/C=C/CCCCCCCCCCCCCCCCCCCCCCCCC. The van der Waals surface area contributed by atoms with Gasteiger partial charge < -0.3 is 20.3 Å². The van der Waals surface area contributed by atoms with Gasteiger partial charge in [0, 0.05) is 12.8 Å². The number of esters is 1. The third kappa shape index (κ3) is 61.0. The highest BCUT2D eigenvalue weighted by Crippen LogP contribution is 2.18. The molecule has 6 nitrogen and oxygen atoms in total. The maximum absolute atomic E-state index is 12.5. The Kier molecular flexibility index (Phi) is 63.5. The Morgan fingerprint density at radius 2 is 0.658 bits per heavy atom. The Labute approximate surface area is 474 Å². The molecule has 0 rings (SSSR count). The molecule has 0 aliphatic heterocycles. The molecule has 0 saturated carbocycles. The number of amides is 1. The van der Waals surface area contributed by atoms with Crippen LogP contribution in [0.5, 0.6) is 0 Å². The molecule has 0 spiro atoms. The van der Waals surface area contributed by atoms with Crippen LogP contribution in [0, 0.1) is 0 Å². The van der Waals surface area contributed by atoms with E-state index in [-0.39, 0.29) is 18.5 Å². The maximum atomic E-state index is 12.5. The number of unbranched alkanes of at least 4 members (excludes halogenated alkanes) is 46. The molecule has 0 heterocycles. The van der Waals surface area contributed by atoms with Gasteiger partial charge in [0.25, 0.3) is 0 Å². The fraction of sp³-hybridized carbons (Fsp3) is 0.857. The molecule has 76 heavy (non-hydrogen) atoms. The first-order valence-corrected chi connectivity index (χ1v) is 33.9. The smallest absolute Gasteiger partial charge is 0.305 e. The second-order valence-electron chi connectivity index (χ2n) is 23.1. The standard InChI is InChI=1S/C70H131NO5/c1-3-5-7-9-11-13-15-17-19-21-23-24-25-26-27-28-29-30-34-38-42-46-50-54-58-62-68(73)67(66-72)71-69(74)63-59-55-51-47-43-39-35-32-33-37-41-45-49-53-57-61-65-76-70(75)64-60-56-52-48-44-40-36-31-22-20-18-16-14-12-10-8-6-4-2/h14,16,20,22,32,35,58,62,67-68,72-73H,3-13,15,17-19,21,23-31,33-34,36-57,59-61,63-66H2,1-2H3,(H,71,74)/b16-14-,22-20-,35-32-,62-58+. The van der Waals surface area contributed by atoms with Crippen LogP contribution in [0.15, 0.2) is 48.6 Å². The van der Waals surface area contributed by atoms with Gasteiger partial charge >= 0.3 is 5.97 Å². The lowest BCUT2D eigenvalue weighted by Gasteiger charge is -2.20. The van der Waals surface area contributed by atoms with E-state index in [4.69, 9.17) is 4.74 Å². The second-order valence-corrected chi connectivity index (χ2v) is 23.1. The van der Waals surface area contributed by atoms with Gasteiger partial charge in [0.15, 0.2) is 0 Å². The molecule has 0 aliphatic carbocycles. The summed E-state index contributed by atoms with van der Waals surface area (Å²) in [4.78, 5) is 24.6. The van der Waals surface area contributed by atoms with Crippen molar-refractivity contribution < 1.29 is 24.5 Å². The van der Waals surface area contributed by atoms with Gasteiger partial charge in [-0.3, -0.25) is 9.59 Å². The highest BCUT2D eigenvalue weighted by atomic mass is 16.5. The average Bonchev–Trinajstić information content (AvgIpc) is 3.42. The van der Waals surface area contributed by atoms with Crippen LogP contribution < -0.4 is 5.32 Å². The number of ether oxygens (including phenoxy) is 1. The number of hydrogen-bond acceptors (Lipinski definition) is 5. The van der Waals surface area contributed by atoms with Gasteiger partial charge in [0.05, 0.1) is 25.4 Å². The molecular formula is C70H131NO5. The first kappa shape index (κ1) is 73.8. The normalized spacial score (nSPS) is 12.8. The summed E-state index contributed by atoms with van der Waals surface area (Å²) in [6.45, 7) is 4.88. The van der Waals surface area contributed by atoms with Crippen molar-refractivity contribution in [2.45, 2.75) is 373 Å². The first-order valence-electron chi connectivity index (χ1n) is 33.9. The Morgan fingerprint density at radius 1 is 0.368 bits per heavy atom. The number of allylic oxidation sites excluding steroid dienone is 7. The van der Waals surface area contributed by atoms with Crippen LogP contribution in [0.1, 0.15) is 361 Å². The monoisotopic (exact) mass is 1070 g/mol. The lowest BCUT2D eigenvalue weighted by atomic mass is 10.0. The van der Waals surface area contributed by atoms with Crippen molar-refractivity contribution in [1.82, 2.24) is 5.32 Å². The minimum absolute atomic E-state index is 0.0108. The van der Waals surface area contributed by atoms with E-state index in [0.717, 1.165) is 70.6 Å². The maximum Gasteiger partial charge on any atom is 0.305 e. The molecule has 3 N–H and O–H groups in total. The number of aliphatic hydroxyl groups excluding tert-OH is 2. The first-order chi connectivity index (χ1) is 37.5. The molecular weight excluding hydrogens is 935 g/mol. The van der Waals surface area contributed by atoms with Gasteiger partial charge in [-0.15, -0.1) is 0 Å². The third-order valence-corrected chi connectivity index (χ3v) is 15.6. The molecule has 0 aromatic heterocycles. The molecule has 0 aromatic rings. The Balaban J connectivity index is 3.49. The summed E-state index contributed by atoms with van der Waals surface area (Å²) in [5.41, 5.74) is 0. The molecule has 0 bridgehead atoms. The molecule has 0 aromatic carbocycles. The van der Waals surface area contributed by atoms with Crippen molar-refractivity contribution in [2.75, 3.05) is 13.2 Å². The van der Waals surface area contributed by atoms with Crippen LogP contribution in [0.25, 0.3) is 0 Å². The Bertz CT molecular complexity index is 1270. The van der Waals surface area contributed by atoms with Gasteiger partial charge in [-0.1, -0.05) is 306 Å². The van der Waals surface area contributed by atoms with Crippen LogP contribution in [-0.2, 0) is 14.3 Å². The molecule has 0 fully saturated rings.